The Balaban J connectivity index is 2.89. The van der Waals surface area contributed by atoms with Gasteiger partial charge in [0.05, 0.1) is 15.3 Å². The molecule has 0 aliphatic rings. The second-order valence-electron chi connectivity index (χ2n) is 2.06. The zero-order valence-electron chi connectivity index (χ0n) is 9.74. The summed E-state index contributed by atoms with van der Waals surface area (Å²) in [5, 5.41) is 3.43. The average Bonchev–Trinajstić information content (AvgIpc) is 2.47. The molecule has 0 rings (SSSR count). The van der Waals surface area contributed by atoms with Crippen LogP contribution in [0.2, 0.25) is 0 Å². The van der Waals surface area contributed by atoms with Gasteiger partial charge in [0.25, 0.3) is 0 Å². The van der Waals surface area contributed by atoms with E-state index in [1.54, 1.807) is 29.5 Å². The molecule has 0 radical (unpaired) electrons. The number of hydrogen-bond acceptors (Lipinski definition) is 15. The van der Waals surface area contributed by atoms with E-state index in [9.17, 15) is 0 Å². The van der Waals surface area contributed by atoms with E-state index in [0.717, 1.165) is 15.3 Å². The summed E-state index contributed by atoms with van der Waals surface area (Å²) in [6.07, 6.45) is 0. The highest BCUT2D eigenvalue weighted by Gasteiger charge is 1.96. The van der Waals surface area contributed by atoms with Crippen LogP contribution in [-0.2, 0) is 0 Å². The first kappa shape index (κ1) is 25.2. The molecule has 0 aromatic rings. The van der Waals surface area contributed by atoms with Crippen molar-refractivity contribution < 1.29 is 0 Å². The van der Waals surface area contributed by atoms with Gasteiger partial charge in [-0.05, 0) is 49.1 Å². The molecule has 0 amide bonds. The quantitative estimate of drug-likeness (QED) is 0.0761. The highest BCUT2D eigenvalue weighted by Crippen LogP contribution is 2.47. The van der Waals surface area contributed by atoms with E-state index in [-0.39, 0.29) is 0 Å². The molecule has 0 bridgehead atoms. The summed E-state index contributed by atoms with van der Waals surface area (Å²) in [6, 6.07) is 0. The van der Waals surface area contributed by atoms with Crippen molar-refractivity contribution in [2.75, 3.05) is 26.8 Å². The molecule has 15 heteroatoms. The van der Waals surface area contributed by atoms with Crippen LogP contribution in [0.4, 0.5) is 0 Å². The first-order valence-electron chi connectivity index (χ1n) is 4.51. The Hall–Kier alpha value is 5.25. The molecule has 0 heterocycles. The second kappa shape index (κ2) is 24.2. The lowest BCUT2D eigenvalue weighted by molar-refractivity contribution is 1.58. The van der Waals surface area contributed by atoms with Crippen molar-refractivity contribution in [1.29, 1.82) is 0 Å². The third kappa shape index (κ3) is 23.2. The molecule has 20 heavy (non-hydrogen) atoms. The minimum absolute atomic E-state index is 1.13. The topological polar surface area (TPSA) is 0 Å². The molecule has 0 saturated heterocycles. The minimum Gasteiger partial charge on any atom is -0.0997 e. The smallest absolute Gasteiger partial charge is 0.0608 e. The van der Waals surface area contributed by atoms with E-state index in [4.69, 9.17) is 0 Å². The van der Waals surface area contributed by atoms with Crippen molar-refractivity contribution in [3.8, 4) is 0 Å². The van der Waals surface area contributed by atoms with Gasteiger partial charge in [0.15, 0.2) is 0 Å². The van der Waals surface area contributed by atoms with Gasteiger partial charge in [0.1, 0.15) is 0 Å². The lowest BCUT2D eigenvalue weighted by Crippen LogP contribution is -1.76. The van der Waals surface area contributed by atoms with Gasteiger partial charge in [-0.15, -0.1) is 0 Å². The van der Waals surface area contributed by atoms with Crippen LogP contribution >= 0.6 is 159 Å². The molecule has 0 spiro atoms. The molecule has 122 valence electrons. The van der Waals surface area contributed by atoms with Crippen LogP contribution in [0.1, 0.15) is 0 Å². The fourth-order valence-electron chi connectivity index (χ4n) is 0.450. The van der Waals surface area contributed by atoms with Crippen LogP contribution < -0.4 is 0 Å². The predicted molar refractivity (Wildman–Crippen MR) is 141 cm³/mol. The summed E-state index contributed by atoms with van der Waals surface area (Å²) in [6.45, 7) is 0. The normalized spacial score (nSPS) is 11.1. The van der Waals surface area contributed by atoms with E-state index < -0.39 is 0 Å². The van der Waals surface area contributed by atoms with Crippen molar-refractivity contribution in [2.45, 2.75) is 0 Å². The molecule has 0 unspecified atom stereocenters. The number of rotatable bonds is 17. The lowest BCUT2D eigenvalue weighted by atomic mass is 11.0. The molecule has 0 aliphatic heterocycles. The predicted octanol–water partition coefficient (Wildman–Crippen LogP) is 9.40. The van der Waals surface area contributed by atoms with Gasteiger partial charge in [-0.1, -0.05) is 110 Å². The van der Waals surface area contributed by atoms with Crippen LogP contribution in [0.5, 0.6) is 0 Å². The van der Waals surface area contributed by atoms with Gasteiger partial charge in [-0.2, -0.15) is 0 Å². The van der Waals surface area contributed by atoms with Crippen LogP contribution in [0.25, 0.3) is 0 Å². The Morgan fingerprint density at radius 1 is 0.450 bits per heavy atom. The van der Waals surface area contributed by atoms with E-state index in [1.807, 2.05) is 96.2 Å². The molecular formula is C5H12S15. The van der Waals surface area contributed by atoms with E-state index in [1.165, 1.54) is 21.3 Å². The maximum Gasteiger partial charge on any atom is 0.0608 e. The fourth-order valence-corrected chi connectivity index (χ4v) is 21.2. The van der Waals surface area contributed by atoms with Gasteiger partial charge >= 0.3 is 0 Å². The van der Waals surface area contributed by atoms with Gasteiger partial charge in [-0.25, -0.2) is 0 Å². The Morgan fingerprint density at radius 2 is 1.00 bits per heavy atom. The molecule has 0 aromatic carbocycles. The minimum atomic E-state index is 1.13. The zero-order chi connectivity index (χ0) is 14.7. The Kier molecular flexibility index (Phi) is 30.6. The van der Waals surface area contributed by atoms with Crippen LogP contribution in [-0.4, -0.2) is 26.8 Å². The molecule has 0 atom stereocenters. The molecule has 0 saturated carbocycles. The van der Waals surface area contributed by atoms with E-state index in [2.05, 4.69) is 23.3 Å². The summed E-state index contributed by atoms with van der Waals surface area (Å²) in [7, 11) is 23.8. The Bertz CT molecular complexity index is 148. The molecule has 0 aliphatic carbocycles. The third-order valence-electron chi connectivity index (χ3n) is 0.961. The van der Waals surface area contributed by atoms with Crippen molar-refractivity contribution >= 4 is 159 Å². The van der Waals surface area contributed by atoms with E-state index in [0.29, 0.717) is 0 Å². The van der Waals surface area contributed by atoms with Crippen LogP contribution in [0, 0.1) is 0 Å². The standard InChI is InChI=1S/C5H12S15/c6-16-9-2-1-8-10-3-13-18-14-4-11-12-5-15-19-20-17-7/h6-7H,1-5H2. The molecular weight excluding hydrogens is 541 g/mol. The molecule has 0 fully saturated rings. The maximum atomic E-state index is 4.09. The van der Waals surface area contributed by atoms with Crippen molar-refractivity contribution in [2.24, 2.45) is 0 Å². The van der Waals surface area contributed by atoms with Gasteiger partial charge < -0.3 is 0 Å². The summed E-state index contributed by atoms with van der Waals surface area (Å²) in [5.74, 6) is 2.38. The molecule has 0 nitrogen and oxygen atoms in total. The van der Waals surface area contributed by atoms with Crippen molar-refractivity contribution in [1.82, 2.24) is 0 Å². The van der Waals surface area contributed by atoms with Crippen LogP contribution in [0.15, 0.2) is 0 Å². The third-order valence-corrected chi connectivity index (χ3v) is 21.6. The van der Waals surface area contributed by atoms with Crippen LogP contribution in [0.3, 0.4) is 0 Å². The first-order chi connectivity index (χ1) is 9.91. The van der Waals surface area contributed by atoms with Crippen molar-refractivity contribution in [3.63, 3.8) is 0 Å². The Morgan fingerprint density at radius 3 is 1.60 bits per heavy atom. The van der Waals surface area contributed by atoms with Gasteiger partial charge in [-0.3, -0.25) is 0 Å². The van der Waals surface area contributed by atoms with Gasteiger partial charge in [0, 0.05) is 11.5 Å². The first-order valence-corrected chi connectivity index (χ1v) is 22.7. The summed E-state index contributed by atoms with van der Waals surface area (Å²) in [5.41, 5.74) is 0. The number of hydrogen-bond donors (Lipinski definition) is 2. The lowest BCUT2D eigenvalue weighted by Gasteiger charge is -2.01. The zero-order valence-corrected chi connectivity index (χ0v) is 22.1. The van der Waals surface area contributed by atoms with Gasteiger partial charge in [0.2, 0.25) is 0 Å². The van der Waals surface area contributed by atoms with E-state index >= 15 is 0 Å². The average molecular weight is 553 g/mol. The summed E-state index contributed by atoms with van der Waals surface area (Å²) < 4.78 is 0. The highest BCUT2D eigenvalue weighted by atomic mass is 33.8. The molecule has 0 aromatic heterocycles. The summed E-state index contributed by atoms with van der Waals surface area (Å²) >= 11 is 8.15. The fraction of sp³-hybridized carbons (Fsp3) is 1.00. The second-order valence-corrected chi connectivity index (χ2v) is 22.4. The highest BCUT2D eigenvalue weighted by molar-refractivity contribution is 9.34. The Labute approximate surface area is 182 Å². The maximum absolute atomic E-state index is 4.09. The largest absolute Gasteiger partial charge is 0.0997 e. The monoisotopic (exact) mass is 552 g/mol. The van der Waals surface area contributed by atoms with Crippen molar-refractivity contribution in [3.05, 3.63) is 0 Å². The molecule has 0 N–H and O–H groups in total. The summed E-state index contributed by atoms with van der Waals surface area (Å²) in [4.78, 5) is 0. The number of thiol groups is 2. The SMILES string of the molecule is SSSCCSSCSSSCSSCSSSSS.